The molecule has 148 valence electrons. The number of benzene rings is 2. The summed E-state index contributed by atoms with van der Waals surface area (Å²) in [7, 11) is 0. The van der Waals surface area contributed by atoms with Crippen molar-refractivity contribution < 1.29 is 0 Å². The van der Waals surface area contributed by atoms with Gasteiger partial charge in [0.25, 0.3) is 0 Å². The van der Waals surface area contributed by atoms with Crippen LogP contribution in [0.4, 0.5) is 0 Å². The van der Waals surface area contributed by atoms with E-state index in [9.17, 15) is 0 Å². The molecule has 0 aliphatic carbocycles. The normalized spacial score (nSPS) is 11.7. The van der Waals surface area contributed by atoms with Crippen LogP contribution in [0.5, 0.6) is 0 Å². The average Bonchev–Trinajstić information content (AvgIpc) is 3.23. The van der Waals surface area contributed by atoms with Crippen LogP contribution in [0, 0.1) is 41.5 Å². The number of aryl methyl sites for hydroxylation is 6. The number of pyridine rings is 1. The van der Waals surface area contributed by atoms with Crippen molar-refractivity contribution in [1.82, 2.24) is 4.40 Å². The molecule has 0 N–H and O–H groups in total. The summed E-state index contributed by atoms with van der Waals surface area (Å²) in [6.45, 7) is 13.7. The molecule has 0 aliphatic heterocycles. The Morgan fingerprint density at radius 1 is 0.567 bits per heavy atom. The molecule has 3 heterocycles. The minimum absolute atomic E-state index is 0.219. The van der Waals surface area contributed by atoms with Crippen molar-refractivity contribution in [3.8, 4) is 0 Å². The van der Waals surface area contributed by atoms with Gasteiger partial charge in [0.2, 0.25) is 6.71 Å². The minimum Gasteiger partial charge on any atom is -0.311 e. The van der Waals surface area contributed by atoms with Crippen molar-refractivity contribution in [3.63, 3.8) is 0 Å². The Morgan fingerprint density at radius 2 is 1.07 bits per heavy atom. The van der Waals surface area contributed by atoms with Crippen molar-refractivity contribution in [1.29, 1.82) is 0 Å². The zero-order valence-electron chi connectivity index (χ0n) is 18.8. The lowest BCUT2D eigenvalue weighted by Crippen LogP contribution is -2.55. The average molecular weight is 389 g/mol. The van der Waals surface area contributed by atoms with Gasteiger partial charge >= 0.3 is 0 Å². The van der Waals surface area contributed by atoms with Crippen molar-refractivity contribution in [2.75, 3.05) is 0 Å². The zero-order chi connectivity index (χ0) is 21.2. The number of hydrogen-bond acceptors (Lipinski definition) is 0. The van der Waals surface area contributed by atoms with Gasteiger partial charge < -0.3 is 4.40 Å². The molecule has 0 saturated carbocycles. The molecule has 0 radical (unpaired) electrons. The summed E-state index contributed by atoms with van der Waals surface area (Å²) in [6, 6.07) is 22.9. The van der Waals surface area contributed by atoms with Crippen LogP contribution >= 0.6 is 0 Å². The first-order chi connectivity index (χ1) is 14.3. The Balaban J connectivity index is 1.90. The largest absolute Gasteiger partial charge is 0.311 e. The summed E-state index contributed by atoms with van der Waals surface area (Å²) in [5.41, 5.74) is 16.3. The lowest BCUT2D eigenvalue weighted by Gasteiger charge is -2.24. The summed E-state index contributed by atoms with van der Waals surface area (Å²) in [4.78, 5) is 0. The molecule has 5 rings (SSSR count). The quantitative estimate of drug-likeness (QED) is 0.387. The van der Waals surface area contributed by atoms with Crippen LogP contribution < -0.4 is 16.4 Å². The summed E-state index contributed by atoms with van der Waals surface area (Å²) in [5, 5.41) is 0. The van der Waals surface area contributed by atoms with Crippen LogP contribution in [0.25, 0.3) is 16.6 Å². The molecule has 0 atom stereocenters. The van der Waals surface area contributed by atoms with Gasteiger partial charge in [-0.1, -0.05) is 74.6 Å². The van der Waals surface area contributed by atoms with Gasteiger partial charge in [-0.05, 0) is 77.3 Å². The summed E-state index contributed by atoms with van der Waals surface area (Å²) in [5.74, 6) is 0. The maximum absolute atomic E-state index is 2.41. The predicted molar refractivity (Wildman–Crippen MR) is 132 cm³/mol. The van der Waals surface area contributed by atoms with E-state index in [4.69, 9.17) is 0 Å². The molecule has 2 aromatic carbocycles. The fourth-order valence-electron chi connectivity index (χ4n) is 5.74. The van der Waals surface area contributed by atoms with Crippen molar-refractivity contribution in [2.45, 2.75) is 41.5 Å². The monoisotopic (exact) mass is 389 g/mol. The smallest absolute Gasteiger partial charge is 0.245 e. The minimum atomic E-state index is 0.219. The standard InChI is InChI=1S/C28H28BN/c1-17-12-19(3)27(20(4)13-17)29(28-21(5)14-18(2)15-22(28)6)25-16-24-11-10-23-8-7-9-26(25)30(23)24/h7-16H,1-6H3. The molecular weight excluding hydrogens is 361 g/mol. The van der Waals surface area contributed by atoms with Gasteiger partial charge in [-0.15, -0.1) is 0 Å². The Labute approximate surface area is 179 Å². The third-order valence-electron chi connectivity index (χ3n) is 6.67. The fourth-order valence-corrected chi connectivity index (χ4v) is 5.74. The Kier molecular flexibility index (Phi) is 4.29. The highest BCUT2D eigenvalue weighted by atomic mass is 14.9. The van der Waals surface area contributed by atoms with E-state index in [2.05, 4.69) is 107 Å². The second-order valence-corrected chi connectivity index (χ2v) is 9.09. The highest BCUT2D eigenvalue weighted by Gasteiger charge is 2.31. The van der Waals surface area contributed by atoms with Crippen LogP contribution in [0.15, 0.2) is 60.7 Å². The Hall–Kier alpha value is -3.00. The highest BCUT2D eigenvalue weighted by molar-refractivity contribution is 6.97. The molecule has 2 heteroatoms. The number of hydrogen-bond donors (Lipinski definition) is 0. The first-order valence-electron chi connectivity index (χ1n) is 10.8. The topological polar surface area (TPSA) is 4.41 Å². The highest BCUT2D eigenvalue weighted by Crippen LogP contribution is 2.20. The first-order valence-corrected chi connectivity index (χ1v) is 10.8. The lowest BCUT2D eigenvalue weighted by atomic mass is 9.34. The molecule has 0 amide bonds. The van der Waals surface area contributed by atoms with E-state index in [0.717, 1.165) is 0 Å². The van der Waals surface area contributed by atoms with Gasteiger partial charge in [0.1, 0.15) is 0 Å². The summed E-state index contributed by atoms with van der Waals surface area (Å²) in [6.07, 6.45) is 0. The van der Waals surface area contributed by atoms with E-state index < -0.39 is 0 Å². The third-order valence-corrected chi connectivity index (χ3v) is 6.67. The van der Waals surface area contributed by atoms with Crippen LogP contribution in [-0.2, 0) is 0 Å². The fraction of sp³-hybridized carbons (Fsp3) is 0.214. The Bertz CT molecular complexity index is 1300. The molecule has 0 unspecified atom stereocenters. The van der Waals surface area contributed by atoms with E-state index in [1.807, 2.05) is 0 Å². The van der Waals surface area contributed by atoms with Crippen molar-refractivity contribution in [2.24, 2.45) is 0 Å². The number of aromatic nitrogens is 1. The number of rotatable bonds is 3. The van der Waals surface area contributed by atoms with Crippen molar-refractivity contribution in [3.05, 3.63) is 94.0 Å². The maximum atomic E-state index is 2.41. The molecule has 0 saturated heterocycles. The lowest BCUT2D eigenvalue weighted by molar-refractivity contribution is 1.34. The molecule has 5 aromatic rings. The van der Waals surface area contributed by atoms with E-state index in [1.165, 1.54) is 66.3 Å². The SMILES string of the molecule is Cc1cc(C)c(B(c2c(C)cc(C)cc2C)c2cc3ccc4cccc2n43)c(C)c1. The van der Waals surface area contributed by atoms with Gasteiger partial charge in [0.15, 0.2) is 0 Å². The van der Waals surface area contributed by atoms with Crippen LogP contribution in [0.2, 0.25) is 0 Å². The van der Waals surface area contributed by atoms with Gasteiger partial charge in [-0.3, -0.25) is 0 Å². The van der Waals surface area contributed by atoms with Gasteiger partial charge in [0, 0.05) is 16.6 Å². The van der Waals surface area contributed by atoms with Crippen LogP contribution in [0.3, 0.4) is 0 Å². The molecule has 3 aromatic heterocycles. The van der Waals surface area contributed by atoms with E-state index in [0.29, 0.717) is 0 Å². The van der Waals surface area contributed by atoms with Crippen LogP contribution in [-0.4, -0.2) is 11.1 Å². The summed E-state index contributed by atoms with van der Waals surface area (Å²) >= 11 is 0. The van der Waals surface area contributed by atoms with Gasteiger partial charge in [0.05, 0.1) is 0 Å². The molecular formula is C28H28BN. The summed E-state index contributed by atoms with van der Waals surface area (Å²) < 4.78 is 2.40. The number of nitrogens with zero attached hydrogens (tertiary/aromatic N) is 1. The second-order valence-electron chi connectivity index (χ2n) is 9.09. The molecule has 1 nitrogen and oxygen atoms in total. The maximum Gasteiger partial charge on any atom is 0.245 e. The van der Waals surface area contributed by atoms with Crippen LogP contribution in [0.1, 0.15) is 33.4 Å². The van der Waals surface area contributed by atoms with E-state index in [-0.39, 0.29) is 6.71 Å². The molecule has 0 bridgehead atoms. The van der Waals surface area contributed by atoms with E-state index in [1.54, 1.807) is 0 Å². The first kappa shape index (κ1) is 19.0. The zero-order valence-corrected chi connectivity index (χ0v) is 18.8. The molecule has 0 aliphatic rings. The molecule has 0 spiro atoms. The molecule has 30 heavy (non-hydrogen) atoms. The third kappa shape index (κ3) is 2.78. The Morgan fingerprint density at radius 3 is 1.60 bits per heavy atom. The van der Waals surface area contributed by atoms with Gasteiger partial charge in [-0.2, -0.15) is 0 Å². The second kappa shape index (κ2) is 6.77. The van der Waals surface area contributed by atoms with Gasteiger partial charge in [-0.25, -0.2) is 0 Å². The molecule has 0 fully saturated rings. The van der Waals surface area contributed by atoms with E-state index >= 15 is 0 Å². The van der Waals surface area contributed by atoms with Crippen molar-refractivity contribution >= 4 is 39.7 Å². The predicted octanol–water partition coefficient (Wildman–Crippen LogP) is 4.90.